The van der Waals surface area contributed by atoms with Gasteiger partial charge in [-0.25, -0.2) is 4.79 Å². The van der Waals surface area contributed by atoms with Crippen LogP contribution in [-0.4, -0.2) is 21.8 Å². The number of aromatic nitrogens is 2. The van der Waals surface area contributed by atoms with E-state index in [9.17, 15) is 4.79 Å². The van der Waals surface area contributed by atoms with Crippen molar-refractivity contribution >= 4 is 11.8 Å². The molecule has 0 aliphatic heterocycles. The van der Waals surface area contributed by atoms with Crippen molar-refractivity contribution in [3.63, 3.8) is 0 Å². The summed E-state index contributed by atoms with van der Waals surface area (Å²) in [5, 5.41) is 6.50. The number of benzene rings is 1. The highest BCUT2D eigenvalue weighted by Crippen LogP contribution is 2.20. The Labute approximate surface area is 117 Å². The summed E-state index contributed by atoms with van der Waals surface area (Å²) in [5.41, 5.74) is 0.835. The molecule has 0 aliphatic carbocycles. The molecule has 0 aliphatic rings. The van der Waals surface area contributed by atoms with Gasteiger partial charge in [-0.2, -0.15) is 4.98 Å². The molecule has 1 heterocycles. The summed E-state index contributed by atoms with van der Waals surface area (Å²) >= 11 is 0. The molecule has 1 amide bonds. The Morgan fingerprint density at radius 2 is 2.10 bits per heavy atom. The van der Waals surface area contributed by atoms with Gasteiger partial charge in [0.1, 0.15) is 5.60 Å². The zero-order chi connectivity index (χ0) is 14.8. The number of nitrogens with one attached hydrogen (secondary N) is 1. The van der Waals surface area contributed by atoms with Gasteiger partial charge in [0.15, 0.2) is 0 Å². The third-order valence-corrected chi connectivity index (χ3v) is 2.29. The molecule has 106 valence electrons. The molecular formula is C14H17N3O3. The molecule has 0 unspecified atom stereocenters. The highest BCUT2D eigenvalue weighted by molar-refractivity contribution is 5.85. The Hall–Kier alpha value is -2.37. The quantitative estimate of drug-likeness (QED) is 0.908. The third kappa shape index (κ3) is 3.81. The average Bonchev–Trinajstić information content (AvgIpc) is 2.73. The lowest BCUT2D eigenvalue weighted by molar-refractivity contribution is 0.0636. The van der Waals surface area contributed by atoms with Gasteiger partial charge in [-0.3, -0.25) is 5.32 Å². The Balaban J connectivity index is 2.12. The molecule has 0 bridgehead atoms. The van der Waals surface area contributed by atoms with Gasteiger partial charge >= 0.3 is 6.09 Å². The van der Waals surface area contributed by atoms with E-state index in [4.69, 9.17) is 9.26 Å². The molecule has 0 saturated carbocycles. The normalized spacial score (nSPS) is 11.2. The zero-order valence-corrected chi connectivity index (χ0v) is 11.9. The van der Waals surface area contributed by atoms with Crippen molar-refractivity contribution < 1.29 is 14.1 Å². The molecule has 20 heavy (non-hydrogen) atoms. The highest BCUT2D eigenvalue weighted by Gasteiger charge is 2.16. The van der Waals surface area contributed by atoms with Crippen molar-refractivity contribution in [2.45, 2.75) is 33.3 Å². The minimum Gasteiger partial charge on any atom is -0.444 e. The molecule has 6 heteroatoms. The van der Waals surface area contributed by atoms with Crippen LogP contribution in [0.5, 0.6) is 0 Å². The maximum absolute atomic E-state index is 11.7. The van der Waals surface area contributed by atoms with E-state index in [1.807, 2.05) is 26.8 Å². The Morgan fingerprint density at radius 3 is 2.70 bits per heavy atom. The number of carbonyl (C=O) groups excluding carboxylic acids is 1. The van der Waals surface area contributed by atoms with Crippen molar-refractivity contribution in [1.29, 1.82) is 0 Å². The van der Waals surface area contributed by atoms with E-state index in [0.29, 0.717) is 17.4 Å². The summed E-state index contributed by atoms with van der Waals surface area (Å²) in [6.45, 7) is 7.15. The van der Waals surface area contributed by atoms with Crippen molar-refractivity contribution in [2.24, 2.45) is 0 Å². The lowest BCUT2D eigenvalue weighted by atomic mass is 10.2. The number of ether oxygens (including phenoxy) is 1. The second-order valence-corrected chi connectivity index (χ2v) is 5.34. The Kier molecular flexibility index (Phi) is 3.74. The number of amides is 1. The highest BCUT2D eigenvalue weighted by atomic mass is 16.6. The predicted octanol–water partition coefficient (Wildman–Crippen LogP) is 3.39. The van der Waals surface area contributed by atoms with Gasteiger partial charge in [0, 0.05) is 18.2 Å². The first-order chi connectivity index (χ1) is 9.33. The molecule has 0 fully saturated rings. The SMILES string of the molecule is Cc1nc(-c2cccc(NC(=O)OC(C)(C)C)c2)no1. The minimum absolute atomic E-state index is 0.482. The van der Waals surface area contributed by atoms with Crippen molar-refractivity contribution in [3.05, 3.63) is 30.2 Å². The first-order valence-electron chi connectivity index (χ1n) is 6.24. The number of carbonyl (C=O) groups is 1. The Morgan fingerprint density at radius 1 is 1.35 bits per heavy atom. The van der Waals surface area contributed by atoms with E-state index in [0.717, 1.165) is 5.56 Å². The van der Waals surface area contributed by atoms with Crippen LogP contribution in [0.25, 0.3) is 11.4 Å². The fourth-order valence-corrected chi connectivity index (χ4v) is 1.57. The summed E-state index contributed by atoms with van der Waals surface area (Å²) < 4.78 is 10.1. The van der Waals surface area contributed by atoms with Crippen LogP contribution in [0.1, 0.15) is 26.7 Å². The number of nitrogens with zero attached hydrogens (tertiary/aromatic N) is 2. The fourth-order valence-electron chi connectivity index (χ4n) is 1.57. The maximum atomic E-state index is 11.7. The Bertz CT molecular complexity index is 614. The van der Waals surface area contributed by atoms with Gasteiger partial charge in [-0.1, -0.05) is 17.3 Å². The van der Waals surface area contributed by atoms with E-state index in [2.05, 4.69) is 15.5 Å². The molecule has 1 aromatic carbocycles. The maximum Gasteiger partial charge on any atom is 0.412 e. The molecule has 6 nitrogen and oxygen atoms in total. The van der Waals surface area contributed by atoms with Gasteiger partial charge in [-0.05, 0) is 32.9 Å². The van der Waals surface area contributed by atoms with Gasteiger partial charge in [0.2, 0.25) is 11.7 Å². The average molecular weight is 275 g/mol. The van der Waals surface area contributed by atoms with Crippen molar-refractivity contribution in [1.82, 2.24) is 10.1 Å². The van der Waals surface area contributed by atoms with Crippen LogP contribution in [0, 0.1) is 6.92 Å². The van der Waals surface area contributed by atoms with E-state index in [1.54, 1.807) is 25.1 Å². The molecular weight excluding hydrogens is 258 g/mol. The zero-order valence-electron chi connectivity index (χ0n) is 11.9. The van der Waals surface area contributed by atoms with Crippen LogP contribution in [0.4, 0.5) is 10.5 Å². The van der Waals surface area contributed by atoms with Crippen molar-refractivity contribution in [3.8, 4) is 11.4 Å². The monoisotopic (exact) mass is 275 g/mol. The van der Waals surface area contributed by atoms with Crippen molar-refractivity contribution in [2.75, 3.05) is 5.32 Å². The fraction of sp³-hybridized carbons (Fsp3) is 0.357. The minimum atomic E-state index is -0.535. The van der Waals surface area contributed by atoms with Crippen LogP contribution < -0.4 is 5.32 Å². The topological polar surface area (TPSA) is 77.2 Å². The first-order valence-corrected chi connectivity index (χ1v) is 6.24. The largest absolute Gasteiger partial charge is 0.444 e. The number of rotatable bonds is 2. The smallest absolute Gasteiger partial charge is 0.412 e. The molecule has 1 N–H and O–H groups in total. The third-order valence-electron chi connectivity index (χ3n) is 2.29. The van der Waals surface area contributed by atoms with Crippen LogP contribution in [0.2, 0.25) is 0 Å². The van der Waals surface area contributed by atoms with E-state index in [-0.39, 0.29) is 0 Å². The molecule has 0 atom stereocenters. The number of hydrogen-bond acceptors (Lipinski definition) is 5. The van der Waals surface area contributed by atoms with Gasteiger partial charge in [0.05, 0.1) is 0 Å². The molecule has 2 rings (SSSR count). The van der Waals surface area contributed by atoms with E-state index >= 15 is 0 Å². The molecule has 0 radical (unpaired) electrons. The van der Waals surface area contributed by atoms with E-state index in [1.165, 1.54) is 0 Å². The predicted molar refractivity (Wildman–Crippen MR) is 74.3 cm³/mol. The number of anilines is 1. The van der Waals surface area contributed by atoms with Crippen LogP contribution >= 0.6 is 0 Å². The first kappa shape index (κ1) is 14.0. The standard InChI is InChI=1S/C14H17N3O3/c1-9-15-12(17-20-9)10-6-5-7-11(8-10)16-13(18)19-14(2,3)4/h5-8H,1-4H3,(H,16,18). The number of hydrogen-bond donors (Lipinski definition) is 1. The van der Waals surface area contributed by atoms with Crippen LogP contribution in [0.15, 0.2) is 28.8 Å². The van der Waals surface area contributed by atoms with E-state index < -0.39 is 11.7 Å². The summed E-state index contributed by atoms with van der Waals surface area (Å²) in [7, 11) is 0. The molecule has 0 spiro atoms. The molecule has 1 aromatic heterocycles. The summed E-state index contributed by atoms with van der Waals surface area (Å²) in [4.78, 5) is 15.8. The molecule has 2 aromatic rings. The van der Waals surface area contributed by atoms with Gasteiger partial charge < -0.3 is 9.26 Å². The lowest BCUT2D eigenvalue weighted by Gasteiger charge is -2.19. The lowest BCUT2D eigenvalue weighted by Crippen LogP contribution is -2.27. The second-order valence-electron chi connectivity index (χ2n) is 5.34. The van der Waals surface area contributed by atoms with Crippen LogP contribution in [-0.2, 0) is 4.74 Å². The van der Waals surface area contributed by atoms with Gasteiger partial charge in [0.25, 0.3) is 0 Å². The number of aryl methyl sites for hydroxylation is 1. The summed E-state index contributed by atoms with van der Waals surface area (Å²) in [6, 6.07) is 7.16. The summed E-state index contributed by atoms with van der Waals surface area (Å²) in [5.74, 6) is 0.973. The summed E-state index contributed by atoms with van der Waals surface area (Å²) in [6.07, 6.45) is -0.501. The molecule has 0 saturated heterocycles. The van der Waals surface area contributed by atoms with Crippen LogP contribution in [0.3, 0.4) is 0 Å². The second kappa shape index (κ2) is 5.32. The van der Waals surface area contributed by atoms with Gasteiger partial charge in [-0.15, -0.1) is 0 Å².